The zero-order valence-corrected chi connectivity index (χ0v) is 22.9. The second kappa shape index (κ2) is 11.7. The van der Waals surface area contributed by atoms with Crippen molar-refractivity contribution in [1.82, 2.24) is 15.2 Å². The molecule has 1 aliphatic rings. The van der Waals surface area contributed by atoms with Crippen molar-refractivity contribution < 1.29 is 23.1 Å². The van der Waals surface area contributed by atoms with E-state index < -0.39 is 45.2 Å². The predicted molar refractivity (Wildman–Crippen MR) is 147 cm³/mol. The summed E-state index contributed by atoms with van der Waals surface area (Å²) in [6.07, 6.45) is 3.59. The Morgan fingerprint density at radius 1 is 1.21 bits per heavy atom. The van der Waals surface area contributed by atoms with Gasteiger partial charge in [0.25, 0.3) is 5.91 Å². The molecule has 3 unspecified atom stereocenters. The highest BCUT2D eigenvalue weighted by molar-refractivity contribution is 7.92. The van der Waals surface area contributed by atoms with Gasteiger partial charge >= 0.3 is 0 Å². The van der Waals surface area contributed by atoms with Crippen molar-refractivity contribution >= 4 is 43.8 Å². The topological polar surface area (TPSA) is 143 Å². The minimum Gasteiger partial charge on any atom is -0.388 e. The van der Waals surface area contributed by atoms with Crippen LogP contribution in [0.15, 0.2) is 71.2 Å². The van der Waals surface area contributed by atoms with E-state index in [9.17, 15) is 23.1 Å². The maximum atomic E-state index is 14.1. The first-order chi connectivity index (χ1) is 18.1. The number of sulfone groups is 1. The van der Waals surface area contributed by atoms with Crippen LogP contribution < -0.4 is 11.1 Å². The molecule has 0 saturated heterocycles. The molecule has 3 heterocycles. The molecule has 9 nitrogen and oxygen atoms in total. The van der Waals surface area contributed by atoms with Gasteiger partial charge < -0.3 is 21.1 Å². The van der Waals surface area contributed by atoms with Crippen molar-refractivity contribution in [1.29, 1.82) is 0 Å². The Balaban J connectivity index is 1.72. The van der Waals surface area contributed by atoms with Crippen molar-refractivity contribution in [2.75, 3.05) is 6.54 Å². The Morgan fingerprint density at radius 2 is 1.95 bits per heavy atom. The van der Waals surface area contributed by atoms with Gasteiger partial charge in [0.15, 0.2) is 10.4 Å². The largest absolute Gasteiger partial charge is 0.388 e. The van der Waals surface area contributed by atoms with Crippen LogP contribution >= 0.6 is 11.3 Å². The van der Waals surface area contributed by atoms with Gasteiger partial charge in [-0.1, -0.05) is 56.3 Å². The van der Waals surface area contributed by atoms with Gasteiger partial charge in [0.2, 0.25) is 15.7 Å². The zero-order chi connectivity index (χ0) is 27.4. The number of nitrogens with zero attached hydrogens (tertiary/aromatic N) is 2. The van der Waals surface area contributed by atoms with Crippen LogP contribution in [0.25, 0.3) is 10.8 Å². The Kier molecular flexibility index (Phi) is 8.61. The highest BCUT2D eigenvalue weighted by Crippen LogP contribution is 2.28. The summed E-state index contributed by atoms with van der Waals surface area (Å²) >= 11 is 1.28. The van der Waals surface area contributed by atoms with E-state index in [2.05, 4.69) is 10.3 Å². The number of aliphatic hydroxyl groups is 1. The average Bonchev–Trinajstić information content (AvgIpc) is 3.33. The molecule has 4 rings (SSSR count). The molecule has 1 aromatic carbocycles. The Labute approximate surface area is 226 Å². The van der Waals surface area contributed by atoms with Gasteiger partial charge in [-0.2, -0.15) is 0 Å². The van der Waals surface area contributed by atoms with Crippen LogP contribution in [0.3, 0.4) is 0 Å². The van der Waals surface area contributed by atoms with E-state index in [4.69, 9.17) is 5.73 Å². The third-order valence-corrected chi connectivity index (χ3v) is 9.45. The molecule has 0 spiro atoms. The van der Waals surface area contributed by atoms with E-state index in [0.29, 0.717) is 11.3 Å². The fourth-order valence-electron chi connectivity index (χ4n) is 4.59. The van der Waals surface area contributed by atoms with Gasteiger partial charge in [0, 0.05) is 18.1 Å². The van der Waals surface area contributed by atoms with Gasteiger partial charge in [-0.25, -0.2) is 13.4 Å². The third-order valence-electron chi connectivity index (χ3n) is 6.44. The van der Waals surface area contributed by atoms with Crippen LogP contribution in [0.2, 0.25) is 0 Å². The summed E-state index contributed by atoms with van der Waals surface area (Å²) in [6.45, 7) is 3.84. The molecule has 0 fully saturated rings. The average molecular weight is 557 g/mol. The third kappa shape index (κ3) is 5.80. The molecule has 0 radical (unpaired) electrons. The SMILES string of the molecule is CC(C)C[C@H](NC(=O)c1scc2ccccc12)C(=O)N1CCC=CC(N)C(O)C1S(=O)(=O)c1ccccn1. The van der Waals surface area contributed by atoms with E-state index in [0.717, 1.165) is 15.7 Å². The molecule has 3 aromatic rings. The number of aromatic nitrogens is 1. The second-order valence-electron chi connectivity index (χ2n) is 9.73. The summed E-state index contributed by atoms with van der Waals surface area (Å²) in [7, 11) is -4.32. The number of benzene rings is 1. The van der Waals surface area contributed by atoms with Gasteiger partial charge in [0.1, 0.15) is 12.1 Å². The normalized spacial score (nSPS) is 21.2. The number of carbonyl (C=O) groups excluding carboxylic acids is 2. The fraction of sp³-hybridized carbons (Fsp3) is 0.370. The summed E-state index contributed by atoms with van der Waals surface area (Å²) in [6, 6.07) is 9.86. The van der Waals surface area contributed by atoms with Crippen molar-refractivity contribution in [3.05, 3.63) is 71.1 Å². The first-order valence-corrected chi connectivity index (χ1v) is 14.9. The van der Waals surface area contributed by atoms with Crippen LogP contribution in [0, 0.1) is 5.92 Å². The number of hydrogen-bond acceptors (Lipinski definition) is 8. The number of fused-ring (bicyclic) bond motifs is 1. The number of pyridine rings is 1. The van der Waals surface area contributed by atoms with E-state index >= 15 is 0 Å². The molecule has 202 valence electrons. The smallest absolute Gasteiger partial charge is 0.262 e. The highest BCUT2D eigenvalue weighted by Gasteiger charge is 2.45. The summed E-state index contributed by atoms with van der Waals surface area (Å²) in [5.41, 5.74) is 6.10. The minimum absolute atomic E-state index is 0.0111. The van der Waals surface area contributed by atoms with Crippen LogP contribution in [-0.4, -0.2) is 65.3 Å². The number of thiophene rings is 1. The monoisotopic (exact) mass is 556 g/mol. The standard InChI is InChI=1S/C27H32N4O5S2/c1-17(2)15-21(30-25(33)24-19-10-4-3-9-18(19)16-37-24)26(34)31-14-8-6-11-20(28)23(32)27(31)38(35,36)22-12-5-7-13-29-22/h3-7,9-13,16-17,20-21,23,27,32H,8,14-15,28H2,1-2H3,(H,30,33)/t20?,21-,23?,27?/m0/s1. The van der Waals surface area contributed by atoms with Crippen molar-refractivity contribution in [2.45, 2.75) is 55.3 Å². The lowest BCUT2D eigenvalue weighted by molar-refractivity contribution is -0.136. The van der Waals surface area contributed by atoms with Crippen LogP contribution in [-0.2, 0) is 14.6 Å². The van der Waals surface area contributed by atoms with Crippen molar-refractivity contribution in [2.24, 2.45) is 11.7 Å². The molecule has 2 aromatic heterocycles. The van der Waals surface area contributed by atoms with Gasteiger partial charge in [0.05, 0.1) is 10.9 Å². The number of rotatable bonds is 7. The van der Waals surface area contributed by atoms with Gasteiger partial charge in [-0.05, 0) is 41.7 Å². The maximum Gasteiger partial charge on any atom is 0.262 e. The number of aliphatic hydroxyl groups excluding tert-OH is 1. The van der Waals surface area contributed by atoms with Crippen LogP contribution in [0.1, 0.15) is 36.4 Å². The lowest BCUT2D eigenvalue weighted by Crippen LogP contribution is -2.61. The van der Waals surface area contributed by atoms with E-state index in [-0.39, 0.29) is 23.9 Å². The van der Waals surface area contributed by atoms with Crippen molar-refractivity contribution in [3.63, 3.8) is 0 Å². The molecule has 0 bridgehead atoms. The molecule has 38 heavy (non-hydrogen) atoms. The molecule has 4 atom stereocenters. The van der Waals surface area contributed by atoms with Crippen LogP contribution in [0.5, 0.6) is 0 Å². The van der Waals surface area contributed by atoms with Gasteiger partial charge in [-0.3, -0.25) is 9.59 Å². The molecule has 0 saturated carbocycles. The Morgan fingerprint density at radius 3 is 2.66 bits per heavy atom. The summed E-state index contributed by atoms with van der Waals surface area (Å²) < 4.78 is 27.5. The molecule has 1 aliphatic heterocycles. The summed E-state index contributed by atoms with van der Waals surface area (Å²) in [5, 5.41) is 15.6. The Bertz CT molecular complexity index is 1420. The van der Waals surface area contributed by atoms with E-state index in [1.54, 1.807) is 18.2 Å². The predicted octanol–water partition coefficient (Wildman–Crippen LogP) is 2.72. The quantitative estimate of drug-likeness (QED) is 0.380. The van der Waals surface area contributed by atoms with E-state index in [1.807, 2.05) is 43.5 Å². The first kappa shape index (κ1) is 27.9. The fourth-order valence-corrected chi connectivity index (χ4v) is 7.34. The first-order valence-electron chi connectivity index (χ1n) is 12.4. The zero-order valence-electron chi connectivity index (χ0n) is 21.2. The highest BCUT2D eigenvalue weighted by atomic mass is 32.2. The molecule has 0 aliphatic carbocycles. The maximum absolute atomic E-state index is 14.1. The molecule has 2 amide bonds. The summed E-state index contributed by atoms with van der Waals surface area (Å²) in [5.74, 6) is -1.00. The molecule has 4 N–H and O–H groups in total. The number of carbonyl (C=O) groups is 2. The van der Waals surface area contributed by atoms with E-state index in [1.165, 1.54) is 29.7 Å². The summed E-state index contributed by atoms with van der Waals surface area (Å²) in [4.78, 5) is 33.0. The lowest BCUT2D eigenvalue weighted by Gasteiger charge is -2.38. The second-order valence-corrected chi connectivity index (χ2v) is 12.6. The number of nitrogens with one attached hydrogen (secondary N) is 1. The molecular formula is C27H32N4O5S2. The van der Waals surface area contributed by atoms with Crippen LogP contribution in [0.4, 0.5) is 0 Å². The number of nitrogens with two attached hydrogens (primary N) is 1. The Hall–Kier alpha value is -3.12. The lowest BCUT2D eigenvalue weighted by atomic mass is 10.0. The molecule has 11 heteroatoms. The minimum atomic E-state index is -4.32. The van der Waals surface area contributed by atoms with Crippen molar-refractivity contribution in [3.8, 4) is 0 Å². The number of amides is 2. The molecular weight excluding hydrogens is 524 g/mol. The van der Waals surface area contributed by atoms with Gasteiger partial charge in [-0.15, -0.1) is 11.3 Å². The number of hydrogen-bond donors (Lipinski definition) is 3.